The highest BCUT2D eigenvalue weighted by atomic mass is 32.1. The number of rotatable bonds is 1. The summed E-state index contributed by atoms with van der Waals surface area (Å²) in [5.41, 5.74) is 13.4. The molecular formula is C39H23NS. The van der Waals surface area contributed by atoms with Gasteiger partial charge in [-0.1, -0.05) is 115 Å². The van der Waals surface area contributed by atoms with E-state index >= 15 is 0 Å². The number of hydrogen-bond donors (Lipinski definition) is 0. The molecule has 0 unspecified atom stereocenters. The minimum Gasteiger partial charge on any atom is -0.256 e. The maximum atomic E-state index is 4.94. The van der Waals surface area contributed by atoms with Crippen LogP contribution in [0.1, 0.15) is 0 Å². The van der Waals surface area contributed by atoms with Gasteiger partial charge in [0, 0.05) is 37.3 Å². The standard InChI is InChI=1S/C39H23NS/c1-3-12-29-27(10-1)28-11-2-4-13-30(28)35-23-25(26-15-7-16-34-31-14-5-6-17-36(31)41-39(26)34)19-21-33(35)37-32(29)20-18-24-9-8-22-40-38(24)37/h1-23H. The van der Waals surface area contributed by atoms with E-state index in [9.17, 15) is 0 Å². The zero-order chi connectivity index (χ0) is 26.9. The van der Waals surface area contributed by atoms with Crippen molar-refractivity contribution in [2.45, 2.75) is 0 Å². The van der Waals surface area contributed by atoms with Gasteiger partial charge in [-0.15, -0.1) is 11.3 Å². The Morgan fingerprint density at radius 2 is 1.10 bits per heavy atom. The van der Waals surface area contributed by atoms with Gasteiger partial charge in [-0.3, -0.25) is 4.98 Å². The van der Waals surface area contributed by atoms with E-state index < -0.39 is 0 Å². The number of pyridine rings is 1. The summed E-state index contributed by atoms with van der Waals surface area (Å²) in [6, 6.07) is 48.8. The molecule has 9 rings (SSSR count). The average Bonchev–Trinajstić information content (AvgIpc) is 3.42. The van der Waals surface area contributed by atoms with Crippen LogP contribution in [0.2, 0.25) is 0 Å². The van der Waals surface area contributed by atoms with Crippen LogP contribution in [0.15, 0.2) is 140 Å². The van der Waals surface area contributed by atoms with Crippen LogP contribution in [-0.4, -0.2) is 4.98 Å². The Bertz CT molecular complexity index is 2320. The van der Waals surface area contributed by atoms with Crippen LogP contribution in [-0.2, 0) is 0 Å². The van der Waals surface area contributed by atoms with Crippen LogP contribution in [0.25, 0.3) is 86.7 Å². The number of thiophene rings is 1. The number of fused-ring (bicyclic) bond motifs is 13. The van der Waals surface area contributed by atoms with E-state index in [0.717, 1.165) is 10.9 Å². The van der Waals surface area contributed by atoms with Gasteiger partial charge in [-0.25, -0.2) is 0 Å². The molecule has 6 aromatic carbocycles. The lowest BCUT2D eigenvalue weighted by Crippen LogP contribution is -1.99. The Morgan fingerprint density at radius 3 is 1.93 bits per heavy atom. The summed E-state index contributed by atoms with van der Waals surface area (Å²) < 4.78 is 2.67. The second kappa shape index (κ2) is 8.72. The van der Waals surface area contributed by atoms with Crippen molar-refractivity contribution in [3.05, 3.63) is 140 Å². The molecule has 0 amide bonds. The first-order chi connectivity index (χ1) is 20.3. The molecule has 2 aromatic heterocycles. The molecule has 1 aliphatic carbocycles. The maximum Gasteiger partial charge on any atom is 0.0786 e. The third kappa shape index (κ3) is 3.32. The summed E-state index contributed by atoms with van der Waals surface area (Å²) in [4.78, 5) is 4.94. The molecule has 0 saturated heterocycles. The van der Waals surface area contributed by atoms with Crippen molar-refractivity contribution in [3.8, 4) is 55.6 Å². The highest BCUT2D eigenvalue weighted by Gasteiger charge is 2.24. The maximum absolute atomic E-state index is 4.94. The zero-order valence-corrected chi connectivity index (χ0v) is 23.0. The molecule has 2 heterocycles. The number of benzene rings is 6. The fourth-order valence-electron chi connectivity index (χ4n) is 6.68. The summed E-state index contributed by atoms with van der Waals surface area (Å²) in [6.07, 6.45) is 1.91. The first-order valence-electron chi connectivity index (χ1n) is 14.0. The summed E-state index contributed by atoms with van der Waals surface area (Å²) in [5.74, 6) is 0. The topological polar surface area (TPSA) is 12.9 Å². The van der Waals surface area contributed by atoms with Crippen LogP contribution in [0.3, 0.4) is 0 Å². The highest BCUT2D eigenvalue weighted by molar-refractivity contribution is 7.26. The molecule has 41 heavy (non-hydrogen) atoms. The monoisotopic (exact) mass is 537 g/mol. The van der Waals surface area contributed by atoms with E-state index in [4.69, 9.17) is 4.98 Å². The molecule has 1 nitrogen and oxygen atoms in total. The van der Waals surface area contributed by atoms with Crippen LogP contribution in [0, 0.1) is 0 Å². The van der Waals surface area contributed by atoms with Crippen LogP contribution < -0.4 is 0 Å². The van der Waals surface area contributed by atoms with Crippen LogP contribution in [0.4, 0.5) is 0 Å². The van der Waals surface area contributed by atoms with Crippen molar-refractivity contribution < 1.29 is 0 Å². The molecule has 0 fully saturated rings. The van der Waals surface area contributed by atoms with Crippen molar-refractivity contribution in [1.29, 1.82) is 0 Å². The summed E-state index contributed by atoms with van der Waals surface area (Å²) in [7, 11) is 0. The van der Waals surface area contributed by atoms with Gasteiger partial charge in [-0.2, -0.15) is 0 Å². The Balaban J connectivity index is 1.41. The van der Waals surface area contributed by atoms with Gasteiger partial charge < -0.3 is 0 Å². The first-order valence-corrected chi connectivity index (χ1v) is 14.8. The minimum atomic E-state index is 1.04. The van der Waals surface area contributed by atoms with Crippen LogP contribution >= 0.6 is 11.3 Å². The quantitative estimate of drug-likeness (QED) is 0.203. The predicted molar refractivity (Wildman–Crippen MR) is 175 cm³/mol. The normalized spacial score (nSPS) is 11.9. The first kappa shape index (κ1) is 22.7. The Kier molecular flexibility index (Phi) is 4.84. The molecule has 0 atom stereocenters. The third-order valence-electron chi connectivity index (χ3n) is 8.50. The molecule has 0 N–H and O–H groups in total. The molecule has 0 spiro atoms. The van der Waals surface area contributed by atoms with E-state index in [1.807, 2.05) is 23.6 Å². The second-order valence-corrected chi connectivity index (χ2v) is 11.7. The average molecular weight is 538 g/mol. The number of hydrogen-bond acceptors (Lipinski definition) is 2. The van der Waals surface area contributed by atoms with Gasteiger partial charge >= 0.3 is 0 Å². The lowest BCUT2D eigenvalue weighted by molar-refractivity contribution is 1.41. The Morgan fingerprint density at radius 1 is 0.439 bits per heavy atom. The molecule has 2 heteroatoms. The molecule has 0 aliphatic heterocycles. The minimum absolute atomic E-state index is 1.04. The van der Waals surface area contributed by atoms with Crippen molar-refractivity contribution >= 4 is 42.4 Å². The van der Waals surface area contributed by atoms with E-state index in [0.29, 0.717) is 0 Å². The molecule has 1 aliphatic rings. The van der Waals surface area contributed by atoms with E-state index in [2.05, 4.69) is 127 Å². The van der Waals surface area contributed by atoms with Crippen molar-refractivity contribution in [3.63, 3.8) is 0 Å². The van der Waals surface area contributed by atoms with Gasteiger partial charge in [0.25, 0.3) is 0 Å². The van der Waals surface area contributed by atoms with Crippen LogP contribution in [0.5, 0.6) is 0 Å². The lowest BCUT2D eigenvalue weighted by atomic mass is 9.79. The van der Waals surface area contributed by atoms with E-state index in [-0.39, 0.29) is 0 Å². The van der Waals surface area contributed by atoms with Gasteiger partial charge in [0.05, 0.1) is 5.52 Å². The van der Waals surface area contributed by atoms with Crippen molar-refractivity contribution in [2.75, 3.05) is 0 Å². The molecule has 0 bridgehead atoms. The lowest BCUT2D eigenvalue weighted by Gasteiger charge is -2.24. The van der Waals surface area contributed by atoms with E-state index in [1.54, 1.807) is 0 Å². The summed E-state index contributed by atoms with van der Waals surface area (Å²) in [5, 5.41) is 3.81. The number of aromatic nitrogens is 1. The largest absolute Gasteiger partial charge is 0.256 e. The van der Waals surface area contributed by atoms with Gasteiger partial charge in [0.1, 0.15) is 0 Å². The number of nitrogens with zero attached hydrogens (tertiary/aromatic N) is 1. The highest BCUT2D eigenvalue weighted by Crippen LogP contribution is 2.50. The molecule has 190 valence electrons. The molecule has 0 saturated carbocycles. The van der Waals surface area contributed by atoms with Gasteiger partial charge in [0.15, 0.2) is 0 Å². The predicted octanol–water partition coefficient (Wildman–Crippen LogP) is 11.3. The molecule has 8 aromatic rings. The third-order valence-corrected chi connectivity index (χ3v) is 9.72. The Hall–Kier alpha value is -5.05. The molecular weight excluding hydrogens is 515 g/mol. The van der Waals surface area contributed by atoms with Gasteiger partial charge in [-0.05, 0) is 68.3 Å². The Labute approximate surface area is 242 Å². The van der Waals surface area contributed by atoms with Crippen molar-refractivity contribution in [1.82, 2.24) is 4.98 Å². The van der Waals surface area contributed by atoms with Crippen molar-refractivity contribution in [2.24, 2.45) is 0 Å². The van der Waals surface area contributed by atoms with E-state index in [1.165, 1.54) is 75.8 Å². The SMILES string of the molecule is c1ccc2c(c1)-c1ccccc1-c1ccc3cccnc3c1-c1ccc(-c3cccc4c3sc3ccccc34)cc1-2. The van der Waals surface area contributed by atoms with Gasteiger partial charge in [0.2, 0.25) is 0 Å². The fourth-order valence-corrected chi connectivity index (χ4v) is 7.91. The summed E-state index contributed by atoms with van der Waals surface area (Å²) >= 11 is 1.88. The zero-order valence-electron chi connectivity index (χ0n) is 22.1. The fraction of sp³-hybridized carbons (Fsp3) is 0. The second-order valence-electron chi connectivity index (χ2n) is 10.7. The summed E-state index contributed by atoms with van der Waals surface area (Å²) in [6.45, 7) is 0. The smallest absolute Gasteiger partial charge is 0.0786 e. The molecule has 0 radical (unpaired) electrons.